The van der Waals surface area contributed by atoms with Crippen LogP contribution in [0, 0.1) is 0 Å². The molecule has 3 rings (SSSR count). The summed E-state index contributed by atoms with van der Waals surface area (Å²) in [6, 6.07) is 11.2. The number of anilines is 2. The highest BCUT2D eigenvalue weighted by atomic mass is 19.4. The smallest absolute Gasteiger partial charge is 0.335 e. The maximum Gasteiger partial charge on any atom is 0.416 e. The number of alkyl halides is 3. The molecule has 2 aromatic carbocycles. The molecule has 0 bridgehead atoms. The Bertz CT molecular complexity index is 888. The van der Waals surface area contributed by atoms with Gasteiger partial charge in [0, 0.05) is 23.5 Å². The van der Waals surface area contributed by atoms with Crippen LogP contribution in [0.5, 0.6) is 0 Å². The first-order chi connectivity index (χ1) is 13.3. The maximum atomic E-state index is 12.7. The lowest BCUT2D eigenvalue weighted by Gasteiger charge is -2.08. The van der Waals surface area contributed by atoms with Crippen molar-refractivity contribution < 1.29 is 22.8 Å². The predicted octanol–water partition coefficient (Wildman–Crippen LogP) is 4.64. The number of halogens is 3. The van der Waals surface area contributed by atoms with Crippen molar-refractivity contribution in [2.75, 3.05) is 10.6 Å². The average molecular weight is 389 g/mol. The van der Waals surface area contributed by atoms with Gasteiger partial charge in [-0.2, -0.15) is 13.2 Å². The van der Waals surface area contributed by atoms with E-state index in [0.717, 1.165) is 31.1 Å². The number of amides is 3. The molecule has 3 N–H and O–H groups in total. The van der Waals surface area contributed by atoms with Crippen LogP contribution >= 0.6 is 0 Å². The Morgan fingerprint density at radius 3 is 2.21 bits per heavy atom. The zero-order valence-corrected chi connectivity index (χ0v) is 14.7. The molecule has 0 aliphatic heterocycles. The van der Waals surface area contributed by atoms with E-state index >= 15 is 0 Å². The van der Waals surface area contributed by atoms with Crippen molar-refractivity contribution in [1.29, 1.82) is 0 Å². The van der Waals surface area contributed by atoms with E-state index in [0.29, 0.717) is 11.4 Å². The summed E-state index contributed by atoms with van der Waals surface area (Å²) in [6.07, 6.45) is 0.0176. The minimum Gasteiger partial charge on any atom is -0.335 e. The first-order valence-corrected chi connectivity index (χ1v) is 8.63. The fourth-order valence-corrected chi connectivity index (χ4v) is 2.39. The molecule has 3 amide bonds. The van der Waals surface area contributed by atoms with Crippen molar-refractivity contribution in [2.45, 2.75) is 25.1 Å². The standard InChI is InChI=1S/C20H18F3N3O2/c21-20(22,23)14-3-1-2-13(12-14)4-11-18(27)24-15-5-7-16(8-6-15)25-19(28)26-17-9-10-17/h1-8,11-12,17H,9-10H2,(H,24,27)(H2,25,26,28)/b11-4+. The third kappa shape index (κ3) is 5.87. The van der Waals surface area contributed by atoms with Crippen LogP contribution in [0.2, 0.25) is 0 Å². The molecule has 0 spiro atoms. The summed E-state index contributed by atoms with van der Waals surface area (Å²) >= 11 is 0. The zero-order chi connectivity index (χ0) is 20.1. The molecule has 1 aliphatic rings. The summed E-state index contributed by atoms with van der Waals surface area (Å²) in [7, 11) is 0. The molecule has 1 saturated carbocycles. The van der Waals surface area contributed by atoms with Crippen molar-refractivity contribution in [3.8, 4) is 0 Å². The quantitative estimate of drug-likeness (QED) is 0.652. The molecule has 28 heavy (non-hydrogen) atoms. The normalized spacial score (nSPS) is 14.0. The Morgan fingerprint density at radius 2 is 1.61 bits per heavy atom. The number of carbonyl (C=O) groups excluding carboxylic acids is 2. The van der Waals surface area contributed by atoms with Crippen molar-refractivity contribution in [3.05, 3.63) is 65.7 Å². The molecule has 2 aromatic rings. The second-order valence-corrected chi connectivity index (χ2v) is 6.40. The first-order valence-electron chi connectivity index (χ1n) is 8.63. The fourth-order valence-electron chi connectivity index (χ4n) is 2.39. The number of rotatable bonds is 5. The van der Waals surface area contributed by atoms with Crippen LogP contribution < -0.4 is 16.0 Å². The number of hydrogen-bond donors (Lipinski definition) is 3. The molecule has 1 fully saturated rings. The van der Waals surface area contributed by atoms with E-state index in [2.05, 4.69) is 16.0 Å². The van der Waals surface area contributed by atoms with Gasteiger partial charge in [0.25, 0.3) is 0 Å². The zero-order valence-electron chi connectivity index (χ0n) is 14.7. The monoisotopic (exact) mass is 389 g/mol. The summed E-state index contributed by atoms with van der Waals surface area (Å²) < 4.78 is 38.1. The third-order valence-corrected chi connectivity index (χ3v) is 3.96. The number of nitrogens with one attached hydrogen (secondary N) is 3. The molecular formula is C20H18F3N3O2. The van der Waals surface area contributed by atoms with Crippen LogP contribution in [0.15, 0.2) is 54.6 Å². The predicted molar refractivity (Wildman–Crippen MR) is 101 cm³/mol. The lowest BCUT2D eigenvalue weighted by atomic mass is 10.1. The number of carbonyl (C=O) groups is 2. The highest BCUT2D eigenvalue weighted by molar-refractivity contribution is 6.02. The number of benzene rings is 2. The van der Waals surface area contributed by atoms with Gasteiger partial charge in [-0.3, -0.25) is 4.79 Å². The van der Waals surface area contributed by atoms with Gasteiger partial charge in [-0.25, -0.2) is 4.79 Å². The minimum atomic E-state index is -4.43. The van der Waals surface area contributed by atoms with Crippen molar-refractivity contribution in [2.24, 2.45) is 0 Å². The van der Waals surface area contributed by atoms with Crippen LogP contribution in [0.1, 0.15) is 24.0 Å². The minimum absolute atomic E-state index is 0.252. The highest BCUT2D eigenvalue weighted by Gasteiger charge is 2.30. The molecule has 0 atom stereocenters. The summed E-state index contributed by atoms with van der Waals surface area (Å²) in [4.78, 5) is 23.6. The average Bonchev–Trinajstić information content (AvgIpc) is 3.45. The largest absolute Gasteiger partial charge is 0.416 e. The molecule has 0 heterocycles. The maximum absolute atomic E-state index is 12.7. The molecule has 0 unspecified atom stereocenters. The SMILES string of the molecule is O=C(/C=C/c1cccc(C(F)(F)F)c1)Nc1ccc(NC(=O)NC2CC2)cc1. The molecule has 146 valence electrons. The van der Waals surface area contributed by atoms with Crippen molar-refractivity contribution >= 4 is 29.4 Å². The molecule has 0 aromatic heterocycles. The number of urea groups is 1. The van der Waals surface area contributed by atoms with E-state index in [-0.39, 0.29) is 17.6 Å². The first kappa shape index (κ1) is 19.5. The molecule has 8 heteroatoms. The summed E-state index contributed by atoms with van der Waals surface area (Å²) in [5.74, 6) is -0.482. The third-order valence-electron chi connectivity index (χ3n) is 3.96. The van der Waals surface area contributed by atoms with Gasteiger partial charge in [0.15, 0.2) is 0 Å². The topological polar surface area (TPSA) is 70.2 Å². The van der Waals surface area contributed by atoms with Gasteiger partial charge < -0.3 is 16.0 Å². The van der Waals surface area contributed by atoms with E-state index in [1.165, 1.54) is 18.2 Å². The van der Waals surface area contributed by atoms with Crippen LogP contribution in [0.4, 0.5) is 29.3 Å². The molecule has 0 saturated heterocycles. The molecule has 1 aliphatic carbocycles. The van der Waals surface area contributed by atoms with Gasteiger partial charge in [0.05, 0.1) is 5.56 Å². The lowest BCUT2D eigenvalue weighted by Crippen LogP contribution is -2.30. The molecule has 5 nitrogen and oxygen atoms in total. The Hall–Kier alpha value is -3.29. The van der Waals surface area contributed by atoms with E-state index < -0.39 is 17.6 Å². The van der Waals surface area contributed by atoms with Gasteiger partial charge in [0.2, 0.25) is 5.91 Å². The van der Waals surface area contributed by atoms with Crippen molar-refractivity contribution in [1.82, 2.24) is 5.32 Å². The lowest BCUT2D eigenvalue weighted by molar-refractivity contribution is -0.137. The van der Waals surface area contributed by atoms with Gasteiger partial charge in [-0.1, -0.05) is 12.1 Å². The van der Waals surface area contributed by atoms with E-state index in [4.69, 9.17) is 0 Å². The Labute approximate surface area is 159 Å². The Morgan fingerprint density at radius 1 is 0.964 bits per heavy atom. The highest BCUT2D eigenvalue weighted by Crippen LogP contribution is 2.29. The Balaban J connectivity index is 1.54. The van der Waals surface area contributed by atoms with Gasteiger partial charge in [-0.05, 0) is 60.9 Å². The summed E-state index contributed by atoms with van der Waals surface area (Å²) in [5, 5.41) is 8.09. The van der Waals surface area contributed by atoms with Crippen LogP contribution in [-0.2, 0) is 11.0 Å². The Kier molecular flexibility index (Phi) is 5.67. The second-order valence-electron chi connectivity index (χ2n) is 6.40. The van der Waals surface area contributed by atoms with E-state index in [1.54, 1.807) is 24.3 Å². The number of hydrogen-bond acceptors (Lipinski definition) is 2. The van der Waals surface area contributed by atoms with Gasteiger partial charge >= 0.3 is 12.2 Å². The fraction of sp³-hybridized carbons (Fsp3) is 0.200. The second kappa shape index (κ2) is 8.16. The van der Waals surface area contributed by atoms with Crippen molar-refractivity contribution in [3.63, 3.8) is 0 Å². The van der Waals surface area contributed by atoms with Crippen LogP contribution in [0.3, 0.4) is 0 Å². The van der Waals surface area contributed by atoms with E-state index in [1.807, 2.05) is 0 Å². The molecule has 0 radical (unpaired) electrons. The summed E-state index contributed by atoms with van der Waals surface area (Å²) in [5.41, 5.74) is 0.567. The molecular weight excluding hydrogens is 371 g/mol. The van der Waals surface area contributed by atoms with Crippen LogP contribution in [-0.4, -0.2) is 18.0 Å². The van der Waals surface area contributed by atoms with Gasteiger partial charge in [-0.15, -0.1) is 0 Å². The van der Waals surface area contributed by atoms with E-state index in [9.17, 15) is 22.8 Å². The van der Waals surface area contributed by atoms with Gasteiger partial charge in [0.1, 0.15) is 0 Å². The van der Waals surface area contributed by atoms with Crippen LogP contribution in [0.25, 0.3) is 6.08 Å². The summed E-state index contributed by atoms with van der Waals surface area (Å²) in [6.45, 7) is 0.